The van der Waals surface area contributed by atoms with Gasteiger partial charge < -0.3 is 9.42 Å². The Hall–Kier alpha value is -1.69. The molecule has 6 heteroatoms. The molecule has 2 aromatic heterocycles. The van der Waals surface area contributed by atoms with Crippen LogP contribution in [0.2, 0.25) is 0 Å². The van der Waals surface area contributed by atoms with Crippen LogP contribution in [0, 0.1) is 0 Å². The van der Waals surface area contributed by atoms with Crippen molar-refractivity contribution in [1.82, 2.24) is 15.0 Å². The minimum Gasteiger partial charge on any atom is -0.339 e. The van der Waals surface area contributed by atoms with Crippen molar-refractivity contribution in [3.05, 3.63) is 33.6 Å². The van der Waals surface area contributed by atoms with Gasteiger partial charge >= 0.3 is 0 Å². The first-order chi connectivity index (χ1) is 11.1. The summed E-state index contributed by atoms with van der Waals surface area (Å²) < 4.78 is 5.23. The summed E-state index contributed by atoms with van der Waals surface area (Å²) in [6.07, 6.45) is 2.92. The molecule has 1 aliphatic heterocycles. The molecule has 1 amide bonds. The predicted octanol–water partition coefficient (Wildman–Crippen LogP) is 3.72. The molecule has 0 N–H and O–H groups in total. The van der Waals surface area contributed by atoms with E-state index in [1.54, 1.807) is 11.3 Å². The number of fused-ring (bicyclic) bond motifs is 1. The van der Waals surface area contributed by atoms with Crippen molar-refractivity contribution in [1.29, 1.82) is 0 Å². The first-order valence-corrected chi connectivity index (χ1v) is 9.12. The molecule has 0 radical (unpaired) electrons. The topological polar surface area (TPSA) is 59.2 Å². The molecule has 2 aromatic rings. The van der Waals surface area contributed by atoms with E-state index in [1.165, 1.54) is 10.4 Å². The maximum Gasteiger partial charge on any atom is 0.226 e. The van der Waals surface area contributed by atoms with E-state index < -0.39 is 0 Å². The molecule has 23 heavy (non-hydrogen) atoms. The Kier molecular flexibility index (Phi) is 4.80. The second-order valence-electron chi connectivity index (χ2n) is 6.37. The summed E-state index contributed by atoms with van der Waals surface area (Å²) in [4.78, 5) is 20.3. The van der Waals surface area contributed by atoms with Gasteiger partial charge in [0.2, 0.25) is 11.8 Å². The first-order valence-electron chi connectivity index (χ1n) is 8.24. The van der Waals surface area contributed by atoms with E-state index in [1.807, 2.05) is 18.7 Å². The number of aryl methyl sites for hydroxylation is 1. The van der Waals surface area contributed by atoms with Gasteiger partial charge in [0.15, 0.2) is 5.82 Å². The van der Waals surface area contributed by atoms with Crippen LogP contribution in [-0.2, 0) is 17.6 Å². The monoisotopic (exact) mass is 333 g/mol. The quantitative estimate of drug-likeness (QED) is 0.836. The number of amides is 1. The van der Waals surface area contributed by atoms with Crippen molar-refractivity contribution >= 4 is 17.2 Å². The highest BCUT2D eigenvalue weighted by Crippen LogP contribution is 2.33. The molecular formula is C17H23N3O2S. The number of nitrogens with zero attached hydrogens (tertiary/aromatic N) is 3. The molecule has 0 spiro atoms. The highest BCUT2D eigenvalue weighted by Gasteiger charge is 2.27. The SMILES string of the molecule is CC(C)c1noc(CCCC(=O)N2CCc3sccc3[C@@H]2C)n1. The highest BCUT2D eigenvalue weighted by molar-refractivity contribution is 7.10. The second kappa shape index (κ2) is 6.83. The third-order valence-corrected chi connectivity index (χ3v) is 5.38. The molecule has 1 aliphatic rings. The third kappa shape index (κ3) is 3.47. The van der Waals surface area contributed by atoms with Crippen molar-refractivity contribution < 1.29 is 9.32 Å². The van der Waals surface area contributed by atoms with Crippen molar-refractivity contribution in [2.75, 3.05) is 6.54 Å². The first kappa shape index (κ1) is 16.2. The summed E-state index contributed by atoms with van der Waals surface area (Å²) >= 11 is 1.80. The molecular weight excluding hydrogens is 310 g/mol. The van der Waals surface area contributed by atoms with Crippen molar-refractivity contribution in [3.8, 4) is 0 Å². The minimum absolute atomic E-state index is 0.188. The molecule has 0 fully saturated rings. The van der Waals surface area contributed by atoms with E-state index >= 15 is 0 Å². The van der Waals surface area contributed by atoms with Crippen LogP contribution in [0.5, 0.6) is 0 Å². The van der Waals surface area contributed by atoms with E-state index in [0.29, 0.717) is 18.7 Å². The van der Waals surface area contributed by atoms with Gasteiger partial charge in [0, 0.05) is 30.2 Å². The molecule has 0 bridgehead atoms. The van der Waals surface area contributed by atoms with Crippen LogP contribution in [0.4, 0.5) is 0 Å². The summed E-state index contributed by atoms with van der Waals surface area (Å²) in [5.41, 5.74) is 1.31. The van der Waals surface area contributed by atoms with Gasteiger partial charge in [0.25, 0.3) is 0 Å². The highest BCUT2D eigenvalue weighted by atomic mass is 32.1. The number of thiophene rings is 1. The molecule has 5 nitrogen and oxygen atoms in total. The Balaban J connectivity index is 1.51. The van der Waals surface area contributed by atoms with E-state index in [2.05, 4.69) is 28.5 Å². The maximum atomic E-state index is 12.5. The van der Waals surface area contributed by atoms with Crippen LogP contribution < -0.4 is 0 Å². The van der Waals surface area contributed by atoms with Crippen LogP contribution in [0.25, 0.3) is 0 Å². The fourth-order valence-corrected chi connectivity index (χ4v) is 3.95. The van der Waals surface area contributed by atoms with Crippen LogP contribution in [0.15, 0.2) is 16.0 Å². The zero-order valence-corrected chi connectivity index (χ0v) is 14.7. The number of hydrogen-bond donors (Lipinski definition) is 0. The van der Waals surface area contributed by atoms with Gasteiger partial charge in [-0.2, -0.15) is 4.98 Å². The Bertz CT molecular complexity index is 677. The fourth-order valence-electron chi connectivity index (χ4n) is 2.99. The summed E-state index contributed by atoms with van der Waals surface area (Å²) in [5, 5.41) is 6.08. The van der Waals surface area contributed by atoms with Crippen LogP contribution in [0.1, 0.15) is 67.7 Å². The smallest absolute Gasteiger partial charge is 0.226 e. The molecule has 1 atom stereocenters. The summed E-state index contributed by atoms with van der Waals surface area (Å²) in [6.45, 7) is 7.02. The maximum absolute atomic E-state index is 12.5. The van der Waals surface area contributed by atoms with Gasteiger partial charge in [-0.3, -0.25) is 4.79 Å². The third-order valence-electron chi connectivity index (χ3n) is 4.38. The molecule has 3 rings (SSSR count). The number of hydrogen-bond acceptors (Lipinski definition) is 5. The lowest BCUT2D eigenvalue weighted by atomic mass is 10.0. The standard InChI is InChI=1S/C17H23N3O2S/c1-11(2)17-18-15(22-19-17)5-4-6-16(21)20-9-7-14-13(12(20)3)8-10-23-14/h8,10-12H,4-7,9H2,1-3H3/t12-/m0/s1. The second-order valence-corrected chi connectivity index (χ2v) is 7.37. The van der Waals surface area contributed by atoms with Gasteiger partial charge in [-0.25, -0.2) is 0 Å². The molecule has 0 aliphatic carbocycles. The fraction of sp³-hybridized carbons (Fsp3) is 0.588. The molecule has 3 heterocycles. The zero-order valence-electron chi connectivity index (χ0n) is 13.9. The Morgan fingerprint density at radius 2 is 2.35 bits per heavy atom. The van der Waals surface area contributed by atoms with E-state index in [4.69, 9.17) is 4.52 Å². The van der Waals surface area contributed by atoms with Crippen LogP contribution >= 0.6 is 11.3 Å². The van der Waals surface area contributed by atoms with Crippen LogP contribution in [0.3, 0.4) is 0 Å². The molecule has 0 unspecified atom stereocenters. The number of aromatic nitrogens is 2. The lowest BCUT2D eigenvalue weighted by molar-refractivity contribution is -0.133. The summed E-state index contributed by atoms with van der Waals surface area (Å²) in [6, 6.07) is 2.34. The van der Waals surface area contributed by atoms with E-state index in [-0.39, 0.29) is 17.9 Å². The van der Waals surface area contributed by atoms with Crippen molar-refractivity contribution in [2.24, 2.45) is 0 Å². The Labute approximate surface area is 140 Å². The largest absolute Gasteiger partial charge is 0.339 e. The number of carbonyl (C=O) groups excluding carboxylic acids is 1. The lowest BCUT2D eigenvalue weighted by Crippen LogP contribution is -2.38. The molecule has 124 valence electrons. The van der Waals surface area contributed by atoms with Gasteiger partial charge in [-0.05, 0) is 36.8 Å². The Morgan fingerprint density at radius 3 is 3.09 bits per heavy atom. The molecule has 0 saturated carbocycles. The normalized spacial score (nSPS) is 17.6. The summed E-state index contributed by atoms with van der Waals surface area (Å²) in [7, 11) is 0. The van der Waals surface area contributed by atoms with E-state index in [0.717, 1.165) is 25.2 Å². The molecule has 0 aromatic carbocycles. The summed E-state index contributed by atoms with van der Waals surface area (Å²) in [5.74, 6) is 1.86. The minimum atomic E-state index is 0.188. The van der Waals surface area contributed by atoms with Crippen LogP contribution in [-0.4, -0.2) is 27.5 Å². The van der Waals surface area contributed by atoms with Crippen molar-refractivity contribution in [2.45, 2.75) is 58.4 Å². The lowest BCUT2D eigenvalue weighted by Gasteiger charge is -2.33. The van der Waals surface area contributed by atoms with Crippen molar-refractivity contribution in [3.63, 3.8) is 0 Å². The molecule has 0 saturated heterocycles. The predicted molar refractivity (Wildman–Crippen MR) is 89.5 cm³/mol. The Morgan fingerprint density at radius 1 is 1.52 bits per heavy atom. The van der Waals surface area contributed by atoms with Gasteiger partial charge in [0.05, 0.1) is 6.04 Å². The number of rotatable bonds is 5. The average Bonchev–Trinajstić information content (AvgIpc) is 3.16. The average molecular weight is 333 g/mol. The zero-order chi connectivity index (χ0) is 16.4. The number of carbonyl (C=O) groups is 1. The van der Waals surface area contributed by atoms with Gasteiger partial charge in [-0.1, -0.05) is 19.0 Å². The van der Waals surface area contributed by atoms with E-state index in [9.17, 15) is 4.79 Å². The van der Waals surface area contributed by atoms with Gasteiger partial charge in [-0.15, -0.1) is 11.3 Å². The van der Waals surface area contributed by atoms with Gasteiger partial charge in [0.1, 0.15) is 0 Å².